The average Bonchev–Trinajstić information content (AvgIpc) is 2.72. The van der Waals surface area contributed by atoms with E-state index in [-0.39, 0.29) is 0 Å². The van der Waals surface area contributed by atoms with Gasteiger partial charge < -0.3 is 4.74 Å². The zero-order valence-electron chi connectivity index (χ0n) is 17.9. The lowest BCUT2D eigenvalue weighted by Crippen LogP contribution is -2.26. The van der Waals surface area contributed by atoms with E-state index in [0.717, 1.165) is 30.1 Å². The molecule has 29 heavy (non-hydrogen) atoms. The molecule has 0 aromatic heterocycles. The summed E-state index contributed by atoms with van der Waals surface area (Å²) < 4.78 is 41.4. The first-order valence-corrected chi connectivity index (χ1v) is 11.7. The molecular formula is C25H37F3O. The van der Waals surface area contributed by atoms with Gasteiger partial charge in [-0.3, -0.25) is 0 Å². The molecule has 3 rings (SSSR count). The van der Waals surface area contributed by atoms with Crippen molar-refractivity contribution < 1.29 is 17.9 Å². The maximum Gasteiger partial charge on any atom is 0.422 e. The molecule has 0 aliphatic heterocycles. The fraction of sp³-hybridized carbons (Fsp3) is 0.760. The molecule has 0 bridgehead atoms. The molecule has 0 saturated heterocycles. The molecule has 2 aliphatic carbocycles. The molecule has 0 spiro atoms. The number of halogens is 3. The second kappa shape index (κ2) is 10.7. The Morgan fingerprint density at radius 2 is 1.31 bits per heavy atom. The third-order valence-corrected chi connectivity index (χ3v) is 7.31. The molecule has 164 valence electrons. The van der Waals surface area contributed by atoms with Crippen LogP contribution in [-0.4, -0.2) is 12.8 Å². The van der Waals surface area contributed by atoms with E-state index < -0.39 is 12.8 Å². The highest BCUT2D eigenvalue weighted by Crippen LogP contribution is 2.43. The van der Waals surface area contributed by atoms with Gasteiger partial charge in [0.05, 0.1) is 0 Å². The van der Waals surface area contributed by atoms with Crippen LogP contribution in [0.4, 0.5) is 13.2 Å². The van der Waals surface area contributed by atoms with Crippen molar-refractivity contribution in [2.75, 3.05) is 6.61 Å². The first-order valence-electron chi connectivity index (χ1n) is 11.7. The third kappa shape index (κ3) is 7.53. The Hall–Kier alpha value is -1.19. The van der Waals surface area contributed by atoms with Crippen LogP contribution >= 0.6 is 0 Å². The van der Waals surface area contributed by atoms with Crippen LogP contribution in [0.15, 0.2) is 24.3 Å². The van der Waals surface area contributed by atoms with Crippen molar-refractivity contribution in [2.24, 2.45) is 23.7 Å². The molecule has 0 atom stereocenters. The summed E-state index contributed by atoms with van der Waals surface area (Å²) >= 11 is 0. The molecule has 0 N–H and O–H groups in total. The van der Waals surface area contributed by atoms with Crippen molar-refractivity contribution >= 4 is 0 Å². The maximum absolute atomic E-state index is 12.2. The number of rotatable bonds is 8. The molecule has 0 unspecified atom stereocenters. The normalized spacial score (nSPS) is 28.3. The first-order chi connectivity index (χ1) is 13.9. The molecule has 1 aromatic rings. The van der Waals surface area contributed by atoms with Crippen LogP contribution in [0.25, 0.3) is 0 Å². The third-order valence-electron chi connectivity index (χ3n) is 7.31. The van der Waals surface area contributed by atoms with Gasteiger partial charge in [0.2, 0.25) is 0 Å². The second-order valence-corrected chi connectivity index (χ2v) is 9.44. The monoisotopic (exact) mass is 410 g/mol. The summed E-state index contributed by atoms with van der Waals surface area (Å²) in [5.41, 5.74) is 1.20. The second-order valence-electron chi connectivity index (χ2n) is 9.44. The number of aryl methyl sites for hydroxylation is 1. The van der Waals surface area contributed by atoms with E-state index in [9.17, 15) is 13.2 Å². The maximum atomic E-state index is 12.2. The lowest BCUT2D eigenvalue weighted by atomic mass is 9.68. The minimum Gasteiger partial charge on any atom is -0.484 e. The first kappa shape index (κ1) is 22.5. The molecule has 1 nitrogen and oxygen atoms in total. The Labute approximate surface area is 174 Å². The van der Waals surface area contributed by atoms with Gasteiger partial charge in [-0.1, -0.05) is 57.6 Å². The summed E-state index contributed by atoms with van der Waals surface area (Å²) in [4.78, 5) is 0. The van der Waals surface area contributed by atoms with Gasteiger partial charge in [0.15, 0.2) is 6.61 Å². The Balaban J connectivity index is 1.34. The molecule has 4 heteroatoms. The van der Waals surface area contributed by atoms with Gasteiger partial charge in [0, 0.05) is 0 Å². The zero-order valence-corrected chi connectivity index (χ0v) is 17.9. The van der Waals surface area contributed by atoms with Crippen molar-refractivity contribution in [1.29, 1.82) is 0 Å². The summed E-state index contributed by atoms with van der Waals surface area (Å²) in [7, 11) is 0. The van der Waals surface area contributed by atoms with Crippen molar-refractivity contribution in [3.8, 4) is 5.75 Å². The van der Waals surface area contributed by atoms with Crippen molar-refractivity contribution in [3.63, 3.8) is 0 Å². The summed E-state index contributed by atoms with van der Waals surface area (Å²) in [6.07, 6.45) is 12.0. The summed E-state index contributed by atoms with van der Waals surface area (Å²) in [6, 6.07) is 7.14. The SMILES string of the molecule is CCCC1CCC(C2CCC(CCc3ccc(OCC(F)(F)F)cc3)CC2)CC1. The fourth-order valence-corrected chi connectivity index (χ4v) is 5.59. The highest BCUT2D eigenvalue weighted by atomic mass is 19.4. The lowest BCUT2D eigenvalue weighted by Gasteiger charge is -2.38. The van der Waals surface area contributed by atoms with Crippen LogP contribution in [0.1, 0.15) is 83.1 Å². The summed E-state index contributed by atoms with van der Waals surface area (Å²) in [5, 5.41) is 0. The number of hydrogen-bond donors (Lipinski definition) is 0. The Morgan fingerprint density at radius 3 is 1.79 bits per heavy atom. The van der Waals surface area contributed by atoms with E-state index in [4.69, 9.17) is 4.74 Å². The Morgan fingerprint density at radius 1 is 0.793 bits per heavy atom. The van der Waals surface area contributed by atoms with Gasteiger partial charge >= 0.3 is 6.18 Å². The molecule has 2 saturated carbocycles. The van der Waals surface area contributed by atoms with Crippen molar-refractivity contribution in [1.82, 2.24) is 0 Å². The molecule has 0 amide bonds. The van der Waals surface area contributed by atoms with Crippen LogP contribution in [-0.2, 0) is 6.42 Å². The largest absolute Gasteiger partial charge is 0.484 e. The van der Waals surface area contributed by atoms with E-state index in [0.29, 0.717) is 5.75 Å². The van der Waals surface area contributed by atoms with Gasteiger partial charge in [-0.05, 0) is 79.9 Å². The Kier molecular flexibility index (Phi) is 8.32. The van der Waals surface area contributed by atoms with Crippen molar-refractivity contribution in [3.05, 3.63) is 29.8 Å². The Bertz CT molecular complexity index is 579. The average molecular weight is 411 g/mol. The minimum absolute atomic E-state index is 0.292. The van der Waals surface area contributed by atoms with Gasteiger partial charge in [0.25, 0.3) is 0 Å². The van der Waals surface area contributed by atoms with Crippen LogP contribution in [0, 0.1) is 23.7 Å². The fourth-order valence-electron chi connectivity index (χ4n) is 5.59. The van der Waals surface area contributed by atoms with Crippen LogP contribution in [0.3, 0.4) is 0 Å². The quantitative estimate of drug-likeness (QED) is 0.422. The summed E-state index contributed by atoms with van der Waals surface area (Å²) in [5.74, 6) is 4.04. The van der Waals surface area contributed by atoms with E-state index in [1.54, 1.807) is 12.1 Å². The molecular weight excluding hydrogens is 373 g/mol. The molecule has 2 fully saturated rings. The lowest BCUT2D eigenvalue weighted by molar-refractivity contribution is -0.153. The molecule has 0 heterocycles. The standard InChI is InChI=1S/C25H37F3O/c1-2-3-19-6-12-22(13-7-19)23-14-8-20(9-15-23)4-5-21-10-16-24(17-11-21)29-18-25(26,27)28/h10-11,16-17,19-20,22-23H,2-9,12-15,18H2,1H3. The minimum atomic E-state index is -4.29. The predicted octanol–water partition coefficient (Wildman–Crippen LogP) is 7.97. The molecule has 2 aliphatic rings. The highest BCUT2D eigenvalue weighted by molar-refractivity contribution is 5.27. The number of ether oxygens (including phenoxy) is 1. The smallest absolute Gasteiger partial charge is 0.422 e. The van der Waals surface area contributed by atoms with Gasteiger partial charge in [-0.25, -0.2) is 0 Å². The van der Waals surface area contributed by atoms with Gasteiger partial charge in [-0.15, -0.1) is 0 Å². The van der Waals surface area contributed by atoms with Gasteiger partial charge in [0.1, 0.15) is 5.75 Å². The van der Waals surface area contributed by atoms with Crippen LogP contribution in [0.2, 0.25) is 0 Å². The van der Waals surface area contributed by atoms with E-state index in [2.05, 4.69) is 6.92 Å². The van der Waals surface area contributed by atoms with Crippen LogP contribution < -0.4 is 4.74 Å². The molecule has 0 radical (unpaired) electrons. The highest BCUT2D eigenvalue weighted by Gasteiger charge is 2.30. The van der Waals surface area contributed by atoms with Crippen LogP contribution in [0.5, 0.6) is 5.75 Å². The van der Waals surface area contributed by atoms with Crippen molar-refractivity contribution in [2.45, 2.75) is 90.1 Å². The summed E-state index contributed by atoms with van der Waals surface area (Å²) in [6.45, 7) is 1.08. The topological polar surface area (TPSA) is 9.23 Å². The predicted molar refractivity (Wildman–Crippen MR) is 112 cm³/mol. The number of benzene rings is 1. The van der Waals surface area contributed by atoms with E-state index in [1.165, 1.54) is 76.2 Å². The number of alkyl halides is 3. The number of hydrogen-bond acceptors (Lipinski definition) is 1. The molecule has 1 aromatic carbocycles. The van der Waals surface area contributed by atoms with Gasteiger partial charge in [-0.2, -0.15) is 13.2 Å². The van der Waals surface area contributed by atoms with E-state index >= 15 is 0 Å². The zero-order chi connectivity index (χ0) is 20.7. The van der Waals surface area contributed by atoms with E-state index in [1.807, 2.05) is 12.1 Å².